The molecule has 0 aliphatic carbocycles. The van der Waals surface area contributed by atoms with Gasteiger partial charge in [0.05, 0.1) is 11.8 Å². The third kappa shape index (κ3) is 3.63. The summed E-state index contributed by atoms with van der Waals surface area (Å²) < 4.78 is 29.0. The predicted octanol–water partition coefficient (Wildman–Crippen LogP) is 3.18. The fraction of sp³-hybridized carbons (Fsp3) is 0.444. The van der Waals surface area contributed by atoms with Gasteiger partial charge in [0.25, 0.3) is 5.91 Å². The van der Waals surface area contributed by atoms with Crippen molar-refractivity contribution in [1.82, 2.24) is 14.7 Å². The predicted molar refractivity (Wildman–Crippen MR) is 86.5 cm³/mol. The highest BCUT2D eigenvalue weighted by Crippen LogP contribution is 2.24. The molecule has 0 N–H and O–H groups in total. The number of piperidine rings is 1. The van der Waals surface area contributed by atoms with Crippen molar-refractivity contribution in [1.29, 1.82) is 0 Å². The zero-order valence-electron chi connectivity index (χ0n) is 13.7. The molecule has 0 saturated carbocycles. The summed E-state index contributed by atoms with van der Waals surface area (Å²) in [5, 5.41) is 4.03. The molecular weight excluding hydrogens is 312 g/mol. The minimum Gasteiger partial charge on any atom is -0.338 e. The molecule has 1 amide bonds. The van der Waals surface area contributed by atoms with Crippen LogP contribution in [0.1, 0.15) is 35.2 Å². The maximum atomic E-state index is 13.7. The Bertz CT molecular complexity index is 709. The lowest BCUT2D eigenvalue weighted by molar-refractivity contribution is 0.0668. The van der Waals surface area contributed by atoms with Gasteiger partial charge in [0.15, 0.2) is 0 Å². The van der Waals surface area contributed by atoms with Crippen molar-refractivity contribution in [3.05, 3.63) is 53.4 Å². The highest BCUT2D eigenvalue weighted by molar-refractivity contribution is 5.93. The lowest BCUT2D eigenvalue weighted by Crippen LogP contribution is -2.40. The summed E-state index contributed by atoms with van der Waals surface area (Å²) in [6.07, 6.45) is 6.21. The quantitative estimate of drug-likeness (QED) is 0.862. The minimum atomic E-state index is -0.492. The van der Waals surface area contributed by atoms with Crippen LogP contribution in [0, 0.1) is 17.6 Å². The van der Waals surface area contributed by atoms with Gasteiger partial charge in [-0.1, -0.05) is 6.07 Å². The van der Waals surface area contributed by atoms with E-state index in [1.54, 1.807) is 24.1 Å². The summed E-state index contributed by atoms with van der Waals surface area (Å²) in [5.41, 5.74) is 0.728. The van der Waals surface area contributed by atoms with E-state index in [4.69, 9.17) is 0 Å². The molecule has 1 aromatic carbocycles. The van der Waals surface area contributed by atoms with Gasteiger partial charge in [-0.25, -0.2) is 8.78 Å². The molecule has 4 nitrogen and oxygen atoms in total. The Hall–Kier alpha value is -2.24. The first-order valence-electron chi connectivity index (χ1n) is 8.25. The Morgan fingerprint density at radius 2 is 2.08 bits per heavy atom. The summed E-state index contributed by atoms with van der Waals surface area (Å²) in [6, 6.07) is 3.96. The summed E-state index contributed by atoms with van der Waals surface area (Å²) in [6.45, 7) is 1.35. The molecule has 1 saturated heterocycles. The van der Waals surface area contributed by atoms with Crippen LogP contribution in [0.3, 0.4) is 0 Å². The van der Waals surface area contributed by atoms with Crippen LogP contribution in [-0.4, -0.2) is 33.7 Å². The van der Waals surface area contributed by atoms with Crippen LogP contribution >= 0.6 is 0 Å². The van der Waals surface area contributed by atoms with Crippen LogP contribution in [0.25, 0.3) is 0 Å². The first-order chi connectivity index (χ1) is 11.5. The second kappa shape index (κ2) is 7.11. The molecule has 2 heterocycles. The van der Waals surface area contributed by atoms with Crippen molar-refractivity contribution in [3.8, 4) is 0 Å². The number of hydrogen-bond acceptors (Lipinski definition) is 2. The fourth-order valence-corrected chi connectivity index (χ4v) is 3.32. The molecule has 1 aliphatic rings. The molecule has 2 aromatic rings. The van der Waals surface area contributed by atoms with E-state index in [1.165, 1.54) is 18.2 Å². The molecule has 1 aromatic heterocycles. The number of carbonyl (C=O) groups excluding carboxylic acids is 1. The fourth-order valence-electron chi connectivity index (χ4n) is 3.32. The lowest BCUT2D eigenvalue weighted by Gasteiger charge is -2.32. The maximum absolute atomic E-state index is 13.7. The molecular formula is C18H21F2N3O. The molecule has 0 bridgehead atoms. The van der Waals surface area contributed by atoms with Gasteiger partial charge in [-0.05, 0) is 43.7 Å². The van der Waals surface area contributed by atoms with E-state index in [0.717, 1.165) is 19.4 Å². The van der Waals surface area contributed by atoms with Gasteiger partial charge < -0.3 is 4.90 Å². The van der Waals surface area contributed by atoms with Crippen LogP contribution in [0.5, 0.6) is 0 Å². The summed E-state index contributed by atoms with van der Waals surface area (Å²) in [5.74, 6) is -0.744. The number of likely N-dealkylation sites (tertiary alicyclic amines) is 1. The minimum absolute atomic E-state index is 0.0233. The SMILES string of the molecule is Cn1cc(C(=O)N2CCC[C@@H](CCc3c(F)cccc3F)C2)cn1. The number of halogens is 2. The smallest absolute Gasteiger partial charge is 0.257 e. The van der Waals surface area contributed by atoms with Gasteiger partial charge in [0, 0.05) is 31.9 Å². The average molecular weight is 333 g/mol. The highest BCUT2D eigenvalue weighted by Gasteiger charge is 2.25. The first kappa shape index (κ1) is 16.6. The molecule has 1 aliphatic heterocycles. The van der Waals surface area contributed by atoms with Gasteiger partial charge in [0.2, 0.25) is 0 Å². The zero-order valence-corrected chi connectivity index (χ0v) is 13.7. The van der Waals surface area contributed by atoms with Crippen molar-refractivity contribution in [2.45, 2.75) is 25.7 Å². The van der Waals surface area contributed by atoms with Crippen molar-refractivity contribution >= 4 is 5.91 Å². The molecule has 3 rings (SSSR count). The normalized spacial score (nSPS) is 18.0. The third-order valence-electron chi connectivity index (χ3n) is 4.62. The van der Waals surface area contributed by atoms with E-state index in [2.05, 4.69) is 5.10 Å². The van der Waals surface area contributed by atoms with Crippen molar-refractivity contribution in [3.63, 3.8) is 0 Å². The molecule has 0 spiro atoms. The Morgan fingerprint density at radius 3 is 2.75 bits per heavy atom. The van der Waals surface area contributed by atoms with Gasteiger partial charge in [-0.3, -0.25) is 9.48 Å². The second-order valence-corrected chi connectivity index (χ2v) is 6.40. The van der Waals surface area contributed by atoms with Gasteiger partial charge in [0.1, 0.15) is 11.6 Å². The summed E-state index contributed by atoms with van der Waals surface area (Å²) in [7, 11) is 1.78. The Labute approximate surface area is 140 Å². The molecule has 0 unspecified atom stereocenters. The lowest BCUT2D eigenvalue weighted by atomic mass is 9.91. The topological polar surface area (TPSA) is 38.1 Å². The number of aryl methyl sites for hydroxylation is 1. The molecule has 6 heteroatoms. The standard InChI is InChI=1S/C18H21F2N3O/c1-22-12-14(10-21-22)18(24)23-9-3-4-13(11-23)7-8-15-16(19)5-2-6-17(15)20/h2,5-6,10,12-13H,3-4,7-9,11H2,1H3/t13-/m0/s1. The van der Waals surface area contributed by atoms with Crippen LogP contribution in [0.15, 0.2) is 30.6 Å². The van der Waals surface area contributed by atoms with E-state index >= 15 is 0 Å². The highest BCUT2D eigenvalue weighted by atomic mass is 19.1. The molecule has 24 heavy (non-hydrogen) atoms. The number of benzene rings is 1. The van der Waals surface area contributed by atoms with Crippen molar-refractivity contribution in [2.75, 3.05) is 13.1 Å². The van der Waals surface area contributed by atoms with E-state index in [-0.39, 0.29) is 17.4 Å². The van der Waals surface area contributed by atoms with Gasteiger partial charge >= 0.3 is 0 Å². The van der Waals surface area contributed by atoms with Crippen LogP contribution in [0.4, 0.5) is 8.78 Å². The van der Waals surface area contributed by atoms with Crippen molar-refractivity contribution < 1.29 is 13.6 Å². The first-order valence-corrected chi connectivity index (χ1v) is 8.25. The van der Waals surface area contributed by atoms with Crippen LogP contribution < -0.4 is 0 Å². The Morgan fingerprint density at radius 1 is 1.33 bits per heavy atom. The third-order valence-corrected chi connectivity index (χ3v) is 4.62. The Kier molecular flexibility index (Phi) is 4.92. The monoisotopic (exact) mass is 333 g/mol. The summed E-state index contributed by atoms with van der Waals surface area (Å²) >= 11 is 0. The van der Waals surface area contributed by atoms with Crippen molar-refractivity contribution in [2.24, 2.45) is 13.0 Å². The summed E-state index contributed by atoms with van der Waals surface area (Å²) in [4.78, 5) is 14.3. The van der Waals surface area contributed by atoms with Crippen LogP contribution in [0.2, 0.25) is 0 Å². The van der Waals surface area contributed by atoms with E-state index < -0.39 is 11.6 Å². The number of rotatable bonds is 4. The zero-order chi connectivity index (χ0) is 17.1. The van der Waals surface area contributed by atoms with Gasteiger partial charge in [-0.2, -0.15) is 5.10 Å². The Balaban J connectivity index is 1.60. The number of amides is 1. The van der Waals surface area contributed by atoms with Gasteiger partial charge in [-0.15, -0.1) is 0 Å². The van der Waals surface area contributed by atoms with E-state index in [1.807, 2.05) is 4.90 Å². The average Bonchev–Trinajstić information content (AvgIpc) is 3.00. The molecule has 0 radical (unpaired) electrons. The largest absolute Gasteiger partial charge is 0.338 e. The molecule has 128 valence electrons. The number of aromatic nitrogens is 2. The number of carbonyl (C=O) groups is 1. The second-order valence-electron chi connectivity index (χ2n) is 6.40. The maximum Gasteiger partial charge on any atom is 0.257 e. The molecule has 1 fully saturated rings. The van der Waals surface area contributed by atoms with E-state index in [0.29, 0.717) is 24.9 Å². The van der Waals surface area contributed by atoms with Crippen LogP contribution in [-0.2, 0) is 13.5 Å². The number of nitrogens with zero attached hydrogens (tertiary/aromatic N) is 3. The number of hydrogen-bond donors (Lipinski definition) is 0. The molecule has 1 atom stereocenters. The van der Waals surface area contributed by atoms with E-state index in [9.17, 15) is 13.6 Å².